The normalized spacial score (nSPS) is 11.0. The molecule has 0 aliphatic carbocycles. The van der Waals surface area contributed by atoms with E-state index in [4.69, 9.17) is 8.83 Å². The third-order valence-electron chi connectivity index (χ3n) is 2.91. The van der Waals surface area contributed by atoms with E-state index in [1.54, 1.807) is 12.1 Å². The minimum absolute atomic E-state index is 0.245. The van der Waals surface area contributed by atoms with Crippen molar-refractivity contribution < 1.29 is 13.2 Å². The monoisotopic (exact) mass is 304 g/mol. The van der Waals surface area contributed by atoms with Crippen LogP contribution < -0.4 is 0 Å². The molecule has 0 spiro atoms. The maximum absolute atomic E-state index is 12.8. The standard InChI is InChI=1S/C15H13FN2O2S/c1-9-7-13(10(2)19-9)15-18-17-14(20-15)8-21-12-5-3-11(16)4-6-12/h3-7H,8H2,1-2H3. The fourth-order valence-electron chi connectivity index (χ4n) is 1.94. The smallest absolute Gasteiger partial charge is 0.251 e. The zero-order chi connectivity index (χ0) is 14.8. The number of halogens is 1. The van der Waals surface area contributed by atoms with Crippen molar-refractivity contribution in [3.63, 3.8) is 0 Å². The average Bonchev–Trinajstić information content (AvgIpc) is 3.04. The van der Waals surface area contributed by atoms with E-state index in [0.29, 0.717) is 17.5 Å². The predicted octanol–water partition coefficient (Wildman–Crippen LogP) is 4.38. The molecule has 0 aliphatic heterocycles. The average molecular weight is 304 g/mol. The molecule has 0 fully saturated rings. The number of benzene rings is 1. The van der Waals surface area contributed by atoms with E-state index in [1.165, 1.54) is 23.9 Å². The summed E-state index contributed by atoms with van der Waals surface area (Å²) < 4.78 is 23.9. The minimum atomic E-state index is -0.245. The van der Waals surface area contributed by atoms with Gasteiger partial charge in [0.1, 0.15) is 17.3 Å². The van der Waals surface area contributed by atoms with Crippen LogP contribution in [0.15, 0.2) is 44.1 Å². The highest BCUT2D eigenvalue weighted by Gasteiger charge is 2.14. The Morgan fingerprint density at radius 1 is 1.10 bits per heavy atom. The number of rotatable bonds is 4. The number of aryl methyl sites for hydroxylation is 2. The van der Waals surface area contributed by atoms with E-state index < -0.39 is 0 Å². The minimum Gasteiger partial charge on any atom is -0.466 e. The lowest BCUT2D eigenvalue weighted by molar-refractivity contribution is 0.499. The highest BCUT2D eigenvalue weighted by Crippen LogP contribution is 2.27. The summed E-state index contributed by atoms with van der Waals surface area (Å²) in [5.74, 6) is 2.84. The molecule has 3 aromatic rings. The molecule has 3 rings (SSSR count). The number of furan rings is 1. The van der Waals surface area contributed by atoms with Gasteiger partial charge in [0.05, 0.1) is 11.3 Å². The topological polar surface area (TPSA) is 52.1 Å². The predicted molar refractivity (Wildman–Crippen MR) is 77.4 cm³/mol. The highest BCUT2D eigenvalue weighted by molar-refractivity contribution is 7.98. The number of hydrogen-bond donors (Lipinski definition) is 0. The molecule has 0 bridgehead atoms. The maximum atomic E-state index is 12.8. The molecule has 0 radical (unpaired) electrons. The van der Waals surface area contributed by atoms with E-state index in [2.05, 4.69) is 10.2 Å². The fourth-order valence-corrected chi connectivity index (χ4v) is 2.68. The van der Waals surface area contributed by atoms with Crippen molar-refractivity contribution in [3.8, 4) is 11.5 Å². The van der Waals surface area contributed by atoms with E-state index in [0.717, 1.165) is 22.0 Å². The molecule has 0 atom stereocenters. The molecule has 4 nitrogen and oxygen atoms in total. The molecule has 2 heterocycles. The van der Waals surface area contributed by atoms with Crippen LogP contribution in [0.25, 0.3) is 11.5 Å². The van der Waals surface area contributed by atoms with E-state index in [-0.39, 0.29) is 5.82 Å². The zero-order valence-electron chi connectivity index (χ0n) is 11.6. The number of thioether (sulfide) groups is 1. The van der Waals surface area contributed by atoms with Crippen LogP contribution in [0.5, 0.6) is 0 Å². The Kier molecular flexibility index (Phi) is 3.79. The van der Waals surface area contributed by atoms with Gasteiger partial charge in [0.2, 0.25) is 5.89 Å². The van der Waals surface area contributed by atoms with Crippen molar-refractivity contribution in [2.75, 3.05) is 0 Å². The molecule has 0 amide bonds. The Labute approximate surface area is 125 Å². The van der Waals surface area contributed by atoms with Crippen molar-refractivity contribution in [1.82, 2.24) is 10.2 Å². The summed E-state index contributed by atoms with van der Waals surface area (Å²) in [5, 5.41) is 8.06. The quantitative estimate of drug-likeness (QED) is 0.670. The van der Waals surface area contributed by atoms with Crippen LogP contribution in [-0.2, 0) is 5.75 Å². The van der Waals surface area contributed by atoms with Gasteiger partial charge < -0.3 is 8.83 Å². The van der Waals surface area contributed by atoms with Crippen molar-refractivity contribution in [3.05, 3.63) is 53.6 Å². The van der Waals surface area contributed by atoms with E-state index in [9.17, 15) is 4.39 Å². The Bertz CT molecular complexity index is 749. The first-order chi connectivity index (χ1) is 10.1. The molecular formula is C15H13FN2O2S. The van der Waals surface area contributed by atoms with Gasteiger partial charge in [-0.25, -0.2) is 4.39 Å². The van der Waals surface area contributed by atoms with E-state index >= 15 is 0 Å². The lowest BCUT2D eigenvalue weighted by Crippen LogP contribution is -1.81. The molecule has 21 heavy (non-hydrogen) atoms. The van der Waals surface area contributed by atoms with Gasteiger partial charge in [-0.2, -0.15) is 0 Å². The highest BCUT2D eigenvalue weighted by atomic mass is 32.2. The third-order valence-corrected chi connectivity index (χ3v) is 3.91. The fraction of sp³-hybridized carbons (Fsp3) is 0.200. The first kappa shape index (κ1) is 13.9. The first-order valence-electron chi connectivity index (χ1n) is 6.40. The second kappa shape index (κ2) is 5.73. The van der Waals surface area contributed by atoms with Crippen LogP contribution in [0.3, 0.4) is 0 Å². The molecule has 0 aliphatic rings. The van der Waals surface area contributed by atoms with Crippen LogP contribution in [0, 0.1) is 19.7 Å². The summed E-state index contributed by atoms with van der Waals surface area (Å²) in [5.41, 5.74) is 0.818. The van der Waals surface area contributed by atoms with Crippen molar-refractivity contribution in [1.29, 1.82) is 0 Å². The van der Waals surface area contributed by atoms with Crippen molar-refractivity contribution in [2.45, 2.75) is 24.5 Å². The van der Waals surface area contributed by atoms with Crippen LogP contribution in [-0.4, -0.2) is 10.2 Å². The summed E-state index contributed by atoms with van der Waals surface area (Å²) >= 11 is 1.51. The summed E-state index contributed by atoms with van der Waals surface area (Å²) in [6.45, 7) is 3.73. The lowest BCUT2D eigenvalue weighted by Gasteiger charge is -1.97. The van der Waals surface area contributed by atoms with Gasteiger partial charge in [0.15, 0.2) is 0 Å². The number of hydrogen-bond acceptors (Lipinski definition) is 5. The van der Waals surface area contributed by atoms with Gasteiger partial charge in [0, 0.05) is 4.90 Å². The van der Waals surface area contributed by atoms with Crippen LogP contribution in [0.1, 0.15) is 17.4 Å². The Morgan fingerprint density at radius 3 is 2.52 bits per heavy atom. The van der Waals surface area contributed by atoms with Gasteiger partial charge >= 0.3 is 0 Å². The molecule has 0 saturated heterocycles. The summed E-state index contributed by atoms with van der Waals surface area (Å²) in [6, 6.07) is 8.18. The van der Waals surface area contributed by atoms with Crippen LogP contribution >= 0.6 is 11.8 Å². The maximum Gasteiger partial charge on any atom is 0.251 e. The molecule has 0 saturated carbocycles. The number of aromatic nitrogens is 2. The van der Waals surface area contributed by atoms with Crippen LogP contribution in [0.4, 0.5) is 4.39 Å². The summed E-state index contributed by atoms with van der Waals surface area (Å²) in [7, 11) is 0. The summed E-state index contributed by atoms with van der Waals surface area (Å²) in [4.78, 5) is 0.950. The Balaban J connectivity index is 1.70. The molecule has 0 N–H and O–H groups in total. The first-order valence-corrected chi connectivity index (χ1v) is 7.38. The van der Waals surface area contributed by atoms with Crippen molar-refractivity contribution in [2.24, 2.45) is 0 Å². The van der Waals surface area contributed by atoms with E-state index in [1.807, 2.05) is 19.9 Å². The van der Waals surface area contributed by atoms with Gasteiger partial charge in [-0.15, -0.1) is 22.0 Å². The zero-order valence-corrected chi connectivity index (χ0v) is 12.4. The van der Waals surface area contributed by atoms with Gasteiger partial charge in [-0.05, 0) is 44.2 Å². The van der Waals surface area contributed by atoms with Gasteiger partial charge in [-0.3, -0.25) is 0 Å². The van der Waals surface area contributed by atoms with Gasteiger partial charge in [-0.1, -0.05) is 0 Å². The molecular weight excluding hydrogens is 291 g/mol. The summed E-state index contributed by atoms with van der Waals surface area (Å²) in [6.07, 6.45) is 0. The lowest BCUT2D eigenvalue weighted by atomic mass is 10.2. The molecule has 2 aromatic heterocycles. The molecule has 6 heteroatoms. The Morgan fingerprint density at radius 2 is 1.86 bits per heavy atom. The van der Waals surface area contributed by atoms with Crippen LogP contribution in [0.2, 0.25) is 0 Å². The second-order valence-corrected chi connectivity index (χ2v) is 5.62. The van der Waals surface area contributed by atoms with Crippen molar-refractivity contribution >= 4 is 11.8 Å². The Hall–Kier alpha value is -2.08. The molecule has 108 valence electrons. The largest absolute Gasteiger partial charge is 0.466 e. The number of nitrogens with zero attached hydrogens (tertiary/aromatic N) is 2. The molecule has 0 unspecified atom stereocenters. The SMILES string of the molecule is Cc1cc(-c2nnc(CSc3ccc(F)cc3)o2)c(C)o1. The second-order valence-electron chi connectivity index (χ2n) is 4.57. The van der Waals surface area contributed by atoms with Gasteiger partial charge in [0.25, 0.3) is 5.89 Å². The third kappa shape index (κ3) is 3.16. The molecule has 1 aromatic carbocycles.